The van der Waals surface area contributed by atoms with E-state index in [1.165, 1.54) is 17.8 Å². The number of piperazine rings is 1. The van der Waals surface area contributed by atoms with Crippen LogP contribution in [0.1, 0.15) is 12.8 Å². The number of carbonyl (C=O) groups excluding carboxylic acids is 1. The van der Waals surface area contributed by atoms with Gasteiger partial charge in [0.1, 0.15) is 5.82 Å². The van der Waals surface area contributed by atoms with Crippen molar-refractivity contribution < 1.29 is 13.6 Å². The number of hydrogen-bond acceptors (Lipinski definition) is 5. The van der Waals surface area contributed by atoms with Crippen molar-refractivity contribution in [1.29, 1.82) is 0 Å². The number of halogens is 2. The van der Waals surface area contributed by atoms with E-state index in [0.717, 1.165) is 76.6 Å². The maximum Gasteiger partial charge on any atom is 0.232 e. The fraction of sp³-hybridized carbons (Fsp3) is 0.478. The molecule has 166 valence electrons. The molecule has 4 rings (SSSR count). The number of amides is 1. The van der Waals surface area contributed by atoms with E-state index in [2.05, 4.69) is 20.9 Å². The molecule has 5 nitrogen and oxygen atoms in total. The number of piperidine rings is 1. The summed E-state index contributed by atoms with van der Waals surface area (Å²) in [4.78, 5) is 24.4. The van der Waals surface area contributed by atoms with E-state index >= 15 is 0 Å². The van der Waals surface area contributed by atoms with Crippen molar-refractivity contribution in [3.8, 4) is 0 Å². The van der Waals surface area contributed by atoms with Gasteiger partial charge in [-0.1, -0.05) is 6.07 Å². The monoisotopic (exact) mass is 446 g/mol. The third-order valence-electron chi connectivity index (χ3n) is 5.99. The normalized spacial score (nSPS) is 20.1. The van der Waals surface area contributed by atoms with Gasteiger partial charge in [0.2, 0.25) is 5.91 Å². The quantitative estimate of drug-likeness (QED) is 0.635. The molecule has 2 aliphatic heterocycles. The molecule has 3 heterocycles. The third-order valence-corrected chi connectivity index (χ3v) is 6.97. The summed E-state index contributed by atoms with van der Waals surface area (Å²) in [5.74, 6) is 0.0940. The molecule has 0 spiro atoms. The van der Waals surface area contributed by atoms with Crippen LogP contribution in [0.3, 0.4) is 0 Å². The molecule has 0 unspecified atom stereocenters. The molecular formula is C23H28F2N4OS. The highest BCUT2D eigenvalue weighted by atomic mass is 32.2. The molecule has 1 atom stereocenters. The predicted molar refractivity (Wildman–Crippen MR) is 119 cm³/mol. The highest BCUT2D eigenvalue weighted by Crippen LogP contribution is 2.23. The third kappa shape index (κ3) is 5.95. The summed E-state index contributed by atoms with van der Waals surface area (Å²) >= 11 is 1.26. The zero-order valence-corrected chi connectivity index (χ0v) is 18.4. The SMILES string of the molecule is O=C(CSc1ccc(F)c(F)c1)N1CCC[C@@H](CN2CCN(c3ccccn3)CC2)C1. The maximum absolute atomic E-state index is 13.4. The molecule has 2 saturated heterocycles. The lowest BCUT2D eigenvalue weighted by atomic mass is 9.97. The molecule has 2 aromatic rings. The van der Waals surface area contributed by atoms with E-state index in [0.29, 0.717) is 10.8 Å². The number of nitrogens with zero attached hydrogens (tertiary/aromatic N) is 4. The molecule has 1 aromatic carbocycles. The van der Waals surface area contributed by atoms with Gasteiger partial charge in [-0.2, -0.15) is 0 Å². The first-order valence-electron chi connectivity index (χ1n) is 10.8. The molecule has 0 radical (unpaired) electrons. The van der Waals surface area contributed by atoms with Gasteiger partial charge in [-0.3, -0.25) is 9.69 Å². The van der Waals surface area contributed by atoms with Gasteiger partial charge in [0.15, 0.2) is 11.6 Å². The highest BCUT2D eigenvalue weighted by molar-refractivity contribution is 8.00. The number of carbonyl (C=O) groups is 1. The Morgan fingerprint density at radius 3 is 2.65 bits per heavy atom. The maximum atomic E-state index is 13.4. The summed E-state index contributed by atoms with van der Waals surface area (Å²) in [6, 6.07) is 9.78. The van der Waals surface area contributed by atoms with Crippen LogP contribution in [0.5, 0.6) is 0 Å². The van der Waals surface area contributed by atoms with Crippen LogP contribution < -0.4 is 4.90 Å². The average Bonchev–Trinajstić information content (AvgIpc) is 2.81. The predicted octanol–water partition coefficient (Wildman–Crippen LogP) is 3.51. The van der Waals surface area contributed by atoms with E-state index in [-0.39, 0.29) is 11.7 Å². The number of thioether (sulfide) groups is 1. The van der Waals surface area contributed by atoms with Crippen molar-refractivity contribution in [2.75, 3.05) is 56.5 Å². The minimum absolute atomic E-state index is 0.0689. The summed E-state index contributed by atoms with van der Waals surface area (Å²) < 4.78 is 26.4. The lowest BCUT2D eigenvalue weighted by molar-refractivity contribution is -0.130. The molecule has 0 saturated carbocycles. The van der Waals surface area contributed by atoms with Gasteiger partial charge < -0.3 is 9.80 Å². The van der Waals surface area contributed by atoms with E-state index in [1.54, 1.807) is 0 Å². The lowest BCUT2D eigenvalue weighted by Crippen LogP contribution is -2.50. The second kappa shape index (κ2) is 10.4. The first-order chi connectivity index (χ1) is 15.1. The van der Waals surface area contributed by atoms with E-state index in [9.17, 15) is 13.6 Å². The largest absolute Gasteiger partial charge is 0.354 e. The smallest absolute Gasteiger partial charge is 0.232 e. The van der Waals surface area contributed by atoms with Gasteiger partial charge in [-0.15, -0.1) is 11.8 Å². The van der Waals surface area contributed by atoms with Crippen LogP contribution in [0.25, 0.3) is 0 Å². The van der Waals surface area contributed by atoms with Gasteiger partial charge in [0.25, 0.3) is 0 Å². The molecule has 2 fully saturated rings. The van der Waals surface area contributed by atoms with Crippen LogP contribution in [0.2, 0.25) is 0 Å². The van der Waals surface area contributed by atoms with Gasteiger partial charge in [0, 0.05) is 56.9 Å². The number of aromatic nitrogens is 1. The van der Waals surface area contributed by atoms with Crippen molar-refractivity contribution in [2.45, 2.75) is 17.7 Å². The van der Waals surface area contributed by atoms with Crippen molar-refractivity contribution >= 4 is 23.5 Å². The molecule has 1 aromatic heterocycles. The van der Waals surface area contributed by atoms with Crippen LogP contribution in [0.4, 0.5) is 14.6 Å². The minimum atomic E-state index is -0.876. The van der Waals surface area contributed by atoms with Crippen LogP contribution in [0.15, 0.2) is 47.5 Å². The van der Waals surface area contributed by atoms with Crippen LogP contribution in [-0.2, 0) is 4.79 Å². The van der Waals surface area contributed by atoms with Crippen molar-refractivity contribution in [1.82, 2.24) is 14.8 Å². The van der Waals surface area contributed by atoms with E-state index in [4.69, 9.17) is 0 Å². The summed E-state index contributed by atoms with van der Waals surface area (Å²) in [6.45, 7) is 6.52. The van der Waals surface area contributed by atoms with Gasteiger partial charge in [-0.05, 0) is 49.1 Å². The van der Waals surface area contributed by atoms with Gasteiger partial charge in [0.05, 0.1) is 5.75 Å². The Hall–Kier alpha value is -2.19. The van der Waals surface area contributed by atoms with Crippen LogP contribution in [-0.4, -0.2) is 72.3 Å². The molecule has 31 heavy (non-hydrogen) atoms. The molecule has 0 aliphatic carbocycles. The number of likely N-dealkylation sites (tertiary alicyclic amines) is 1. The van der Waals surface area contributed by atoms with Crippen molar-refractivity contribution in [3.05, 3.63) is 54.2 Å². The number of rotatable bonds is 6. The lowest BCUT2D eigenvalue weighted by Gasteiger charge is -2.39. The first-order valence-corrected chi connectivity index (χ1v) is 11.8. The fourth-order valence-corrected chi connectivity index (χ4v) is 5.13. The Morgan fingerprint density at radius 1 is 1.06 bits per heavy atom. The Kier molecular flexibility index (Phi) is 7.40. The zero-order valence-electron chi connectivity index (χ0n) is 17.6. The zero-order chi connectivity index (χ0) is 21.6. The Morgan fingerprint density at radius 2 is 1.90 bits per heavy atom. The molecular weight excluding hydrogens is 418 g/mol. The number of hydrogen-bond donors (Lipinski definition) is 0. The minimum Gasteiger partial charge on any atom is -0.354 e. The van der Waals surface area contributed by atoms with E-state index in [1.807, 2.05) is 23.2 Å². The molecule has 2 aliphatic rings. The Balaban J connectivity index is 1.22. The van der Waals surface area contributed by atoms with Gasteiger partial charge in [-0.25, -0.2) is 13.8 Å². The second-order valence-electron chi connectivity index (χ2n) is 8.19. The number of anilines is 1. The summed E-state index contributed by atoms with van der Waals surface area (Å²) in [6.07, 6.45) is 3.99. The summed E-state index contributed by atoms with van der Waals surface area (Å²) in [5, 5.41) is 0. The van der Waals surface area contributed by atoms with Crippen molar-refractivity contribution in [3.63, 3.8) is 0 Å². The van der Waals surface area contributed by atoms with Crippen LogP contribution in [0, 0.1) is 17.6 Å². The molecule has 1 amide bonds. The van der Waals surface area contributed by atoms with Crippen molar-refractivity contribution in [2.24, 2.45) is 5.92 Å². The van der Waals surface area contributed by atoms with E-state index < -0.39 is 11.6 Å². The topological polar surface area (TPSA) is 39.7 Å². The summed E-state index contributed by atoms with van der Waals surface area (Å²) in [5.41, 5.74) is 0. The standard InChI is InChI=1S/C23H28F2N4OS/c24-20-7-6-19(14-21(20)25)31-17-23(30)29-9-3-4-18(16-29)15-27-10-12-28(13-11-27)22-5-1-2-8-26-22/h1-2,5-8,14,18H,3-4,9-13,15-17H2/t18-/m0/s1. The van der Waals surface area contributed by atoms with Gasteiger partial charge >= 0.3 is 0 Å². The highest BCUT2D eigenvalue weighted by Gasteiger charge is 2.27. The fourth-order valence-electron chi connectivity index (χ4n) is 4.31. The first kappa shape index (κ1) is 22.0. The number of benzene rings is 1. The molecule has 0 N–H and O–H groups in total. The number of pyridine rings is 1. The summed E-state index contributed by atoms with van der Waals surface area (Å²) in [7, 11) is 0. The molecule has 8 heteroatoms. The Bertz CT molecular complexity index is 877. The van der Waals surface area contributed by atoms with Crippen LogP contribution >= 0.6 is 11.8 Å². The second-order valence-corrected chi connectivity index (χ2v) is 9.24. The Labute approximate surface area is 186 Å². The average molecular weight is 447 g/mol. The molecule has 0 bridgehead atoms.